The largest absolute Gasteiger partial charge is 0.465 e. The number of carbonyl (C=O) groups is 4. The van der Waals surface area contributed by atoms with E-state index < -0.39 is 35.2 Å². The first-order chi connectivity index (χ1) is 23.4. The van der Waals surface area contributed by atoms with Gasteiger partial charge in [0, 0.05) is 0 Å². The van der Waals surface area contributed by atoms with Crippen molar-refractivity contribution in [3.05, 3.63) is 0 Å². The number of ether oxygens (including phenoxy) is 4. The number of unbranched alkanes of at least 4 members (excludes halogenated alkanes) is 20. The SMILES string of the molecule is CCCCCCCCOC(=O)C(CC)C(C(=O)OCCCCCCCC)(C(=O)OCCCCCCCC)C(=O)OCCCCCCCC. The van der Waals surface area contributed by atoms with Gasteiger partial charge in [0.25, 0.3) is 5.41 Å². The zero-order valence-corrected chi connectivity index (χ0v) is 31.8. The molecule has 1 atom stereocenters. The molecular weight excluding hydrogens is 608 g/mol. The Labute approximate surface area is 294 Å². The van der Waals surface area contributed by atoms with Gasteiger partial charge in [0.1, 0.15) is 0 Å². The van der Waals surface area contributed by atoms with E-state index >= 15 is 0 Å². The summed E-state index contributed by atoms with van der Waals surface area (Å²) in [5.41, 5.74) is -2.57. The Morgan fingerprint density at radius 2 is 0.625 bits per heavy atom. The van der Waals surface area contributed by atoms with Crippen molar-refractivity contribution < 1.29 is 38.1 Å². The molecule has 0 spiro atoms. The zero-order chi connectivity index (χ0) is 35.7. The summed E-state index contributed by atoms with van der Waals surface area (Å²) in [6, 6.07) is 0. The van der Waals surface area contributed by atoms with Crippen molar-refractivity contribution >= 4 is 23.9 Å². The fourth-order valence-electron chi connectivity index (χ4n) is 5.97. The number of carbonyl (C=O) groups excluding carboxylic acids is 4. The van der Waals surface area contributed by atoms with Crippen LogP contribution in [-0.2, 0) is 38.1 Å². The lowest BCUT2D eigenvalue weighted by molar-refractivity contribution is -0.195. The summed E-state index contributed by atoms with van der Waals surface area (Å²) in [7, 11) is 0. The van der Waals surface area contributed by atoms with Crippen LogP contribution in [0.5, 0.6) is 0 Å². The van der Waals surface area contributed by atoms with Gasteiger partial charge in [0.05, 0.1) is 32.3 Å². The quantitative estimate of drug-likeness (QED) is 0.0286. The molecular formula is C40H74O8. The van der Waals surface area contributed by atoms with Gasteiger partial charge in [-0.25, -0.2) is 0 Å². The molecule has 0 aromatic rings. The fraction of sp³-hybridized carbons (Fsp3) is 0.900. The number of hydrogen-bond donors (Lipinski definition) is 0. The van der Waals surface area contributed by atoms with Crippen molar-refractivity contribution in [3.8, 4) is 0 Å². The number of rotatable bonds is 34. The van der Waals surface area contributed by atoms with Crippen molar-refractivity contribution in [2.45, 2.75) is 195 Å². The van der Waals surface area contributed by atoms with E-state index in [2.05, 4.69) is 27.7 Å². The first-order valence-corrected chi connectivity index (χ1v) is 20.1. The van der Waals surface area contributed by atoms with E-state index in [0.29, 0.717) is 25.7 Å². The molecule has 0 aliphatic carbocycles. The van der Waals surface area contributed by atoms with E-state index in [4.69, 9.17) is 18.9 Å². The van der Waals surface area contributed by atoms with E-state index in [1.165, 1.54) is 6.42 Å². The van der Waals surface area contributed by atoms with Crippen LogP contribution in [0.25, 0.3) is 0 Å². The van der Waals surface area contributed by atoms with Gasteiger partial charge in [-0.3, -0.25) is 19.2 Å². The fourth-order valence-corrected chi connectivity index (χ4v) is 5.97. The zero-order valence-electron chi connectivity index (χ0n) is 31.8. The molecule has 0 saturated carbocycles. The highest BCUT2D eigenvalue weighted by molar-refractivity contribution is 6.20. The lowest BCUT2D eigenvalue weighted by atomic mass is 9.73. The van der Waals surface area contributed by atoms with E-state index in [1.807, 2.05) is 0 Å². The Hall–Kier alpha value is -2.12. The highest BCUT2D eigenvalue weighted by Gasteiger charge is 2.65. The van der Waals surface area contributed by atoms with Crippen LogP contribution in [0.4, 0.5) is 0 Å². The Morgan fingerprint density at radius 3 is 0.896 bits per heavy atom. The molecule has 0 heterocycles. The second-order valence-corrected chi connectivity index (χ2v) is 13.4. The molecule has 48 heavy (non-hydrogen) atoms. The topological polar surface area (TPSA) is 105 Å². The second kappa shape index (κ2) is 32.1. The van der Waals surface area contributed by atoms with Gasteiger partial charge in [-0.15, -0.1) is 0 Å². The van der Waals surface area contributed by atoms with Gasteiger partial charge in [-0.1, -0.05) is 163 Å². The van der Waals surface area contributed by atoms with Gasteiger partial charge in [0.2, 0.25) is 0 Å². The maximum atomic E-state index is 14.0. The van der Waals surface area contributed by atoms with Crippen LogP contribution < -0.4 is 0 Å². The molecule has 0 aromatic carbocycles. The van der Waals surface area contributed by atoms with Crippen molar-refractivity contribution in [1.29, 1.82) is 0 Å². The van der Waals surface area contributed by atoms with Crippen LogP contribution in [0.15, 0.2) is 0 Å². The van der Waals surface area contributed by atoms with Crippen molar-refractivity contribution in [1.82, 2.24) is 0 Å². The van der Waals surface area contributed by atoms with E-state index in [9.17, 15) is 19.2 Å². The molecule has 0 aromatic heterocycles. The lowest BCUT2D eigenvalue weighted by Crippen LogP contribution is -2.57. The van der Waals surface area contributed by atoms with Gasteiger partial charge in [0.15, 0.2) is 0 Å². The average Bonchev–Trinajstić information content (AvgIpc) is 3.08. The summed E-state index contributed by atoms with van der Waals surface area (Å²) in [5.74, 6) is -5.39. The molecule has 0 radical (unpaired) electrons. The minimum atomic E-state index is -2.57. The van der Waals surface area contributed by atoms with Gasteiger partial charge in [-0.05, 0) is 32.1 Å². The normalized spacial score (nSPS) is 12.0. The minimum Gasteiger partial charge on any atom is -0.465 e. The molecule has 0 fully saturated rings. The molecule has 8 heteroatoms. The standard InChI is InChI=1S/C40H74O8/c1-6-11-15-19-23-27-31-45-36(41)35(10-5)40(37(42)46-32-28-24-20-16-12-7-2,38(43)47-33-29-25-21-17-13-8-3)39(44)48-34-30-26-22-18-14-9-4/h35H,6-34H2,1-5H3. The molecule has 0 saturated heterocycles. The summed E-state index contributed by atoms with van der Waals surface area (Å²) in [5, 5.41) is 0. The summed E-state index contributed by atoms with van der Waals surface area (Å²) >= 11 is 0. The monoisotopic (exact) mass is 683 g/mol. The molecule has 1 unspecified atom stereocenters. The van der Waals surface area contributed by atoms with Crippen molar-refractivity contribution in [2.24, 2.45) is 11.3 Å². The lowest BCUT2D eigenvalue weighted by Gasteiger charge is -2.32. The summed E-state index contributed by atoms with van der Waals surface area (Å²) in [4.78, 5) is 55.8. The molecule has 282 valence electrons. The summed E-state index contributed by atoms with van der Waals surface area (Å²) in [6.07, 6.45) is 23.7. The average molecular weight is 683 g/mol. The van der Waals surface area contributed by atoms with Crippen molar-refractivity contribution in [2.75, 3.05) is 26.4 Å². The van der Waals surface area contributed by atoms with Gasteiger partial charge < -0.3 is 18.9 Å². The third-order valence-electron chi connectivity index (χ3n) is 9.12. The Morgan fingerprint density at radius 1 is 0.375 bits per heavy atom. The first-order valence-electron chi connectivity index (χ1n) is 20.1. The summed E-state index contributed by atoms with van der Waals surface area (Å²) < 4.78 is 22.6. The van der Waals surface area contributed by atoms with Crippen LogP contribution in [0.3, 0.4) is 0 Å². The Bertz CT molecular complexity index is 737. The highest BCUT2D eigenvalue weighted by Crippen LogP contribution is 2.37. The van der Waals surface area contributed by atoms with E-state index in [-0.39, 0.29) is 32.8 Å². The molecule has 0 aliphatic rings. The van der Waals surface area contributed by atoms with Crippen LogP contribution in [0.1, 0.15) is 195 Å². The van der Waals surface area contributed by atoms with Crippen LogP contribution >= 0.6 is 0 Å². The molecule has 0 bridgehead atoms. The molecule has 0 amide bonds. The number of esters is 4. The van der Waals surface area contributed by atoms with Crippen LogP contribution in [0, 0.1) is 11.3 Å². The maximum Gasteiger partial charge on any atom is 0.336 e. The second-order valence-electron chi connectivity index (χ2n) is 13.4. The minimum absolute atomic E-state index is 0.0136. The van der Waals surface area contributed by atoms with Crippen LogP contribution in [0.2, 0.25) is 0 Å². The molecule has 0 aliphatic heterocycles. The third kappa shape index (κ3) is 19.8. The van der Waals surface area contributed by atoms with Gasteiger partial charge in [-0.2, -0.15) is 0 Å². The molecule has 8 nitrogen and oxygen atoms in total. The third-order valence-corrected chi connectivity index (χ3v) is 9.12. The predicted octanol–water partition coefficient (Wildman–Crippen LogP) is 10.6. The smallest absolute Gasteiger partial charge is 0.336 e. The summed E-state index contributed by atoms with van der Waals surface area (Å²) in [6.45, 7) is 10.6. The highest BCUT2D eigenvalue weighted by atomic mass is 16.6. The van der Waals surface area contributed by atoms with E-state index in [0.717, 1.165) is 122 Å². The number of hydrogen-bond acceptors (Lipinski definition) is 8. The maximum absolute atomic E-state index is 14.0. The Kier molecular flexibility index (Phi) is 30.7. The van der Waals surface area contributed by atoms with Gasteiger partial charge >= 0.3 is 23.9 Å². The van der Waals surface area contributed by atoms with Crippen LogP contribution in [-0.4, -0.2) is 50.3 Å². The van der Waals surface area contributed by atoms with Crippen molar-refractivity contribution in [3.63, 3.8) is 0 Å². The predicted molar refractivity (Wildman–Crippen MR) is 194 cm³/mol. The van der Waals surface area contributed by atoms with E-state index in [1.54, 1.807) is 6.92 Å². The molecule has 0 rings (SSSR count). The molecule has 0 N–H and O–H groups in total. The Balaban J connectivity index is 6.02. The first kappa shape index (κ1) is 45.9.